The van der Waals surface area contributed by atoms with Crippen LogP contribution in [0.2, 0.25) is 0 Å². The summed E-state index contributed by atoms with van der Waals surface area (Å²) in [7, 11) is 3.88. The van der Waals surface area contributed by atoms with E-state index in [-0.39, 0.29) is 59.0 Å². The number of nitrogens with one attached hydrogen (secondary N) is 4. The summed E-state index contributed by atoms with van der Waals surface area (Å²) in [5.74, 6) is 0.350. The topological polar surface area (TPSA) is 339 Å². The van der Waals surface area contributed by atoms with Crippen LogP contribution in [0.3, 0.4) is 0 Å². The second-order valence-corrected chi connectivity index (χ2v) is 44.7. The molecule has 0 spiro atoms. The quantitative estimate of drug-likeness (QED) is 0.0248. The van der Waals surface area contributed by atoms with Gasteiger partial charge in [0.2, 0.25) is 23.6 Å². The van der Waals surface area contributed by atoms with Gasteiger partial charge in [-0.2, -0.15) is 10.2 Å². The standard InChI is InChI=1S/C61H69N9O6S.C57H61N9O6S/c1-37-42(43-24-27-52(63-55(43)59(74)76-61(3,4)5)70-31-29-40-13-9-15-44(47(40)36-70)57(72)65-60-62-48-16-7-8-18-51(48)77-60)14-10-17-50(37)75-41-21-19-39(20-22-41)12-11-30-68-32-34-69(35-33-68)49-26-23-45-54(66-67(6)56(45)38(49)2)46-25-28-53(71)64-58(46)73;1-34-39(40-21-24-49(59-52(40)56(70)71)66-28-26-37-10-6-12-41(44(37)33-66)54(68)61-57-58-45-13-4-5-15-48(45)73-57)11-7-14-47(34)72-38-18-16-36(17-19-38)9-8-27-64-29-31-65(32-30-64)46-23-20-42-51(62-63(3)53(42)35(46)2)43-22-25-50(67)60-55(43)69/h7-10,13-18,23-24,26-27,39,41,46H,11-12,19-22,25,28-36H2,1-6H3,(H,62,65,72)(H,64,71,73);4-7,10-15,20-21,23-24,36,38,43H,8-9,16-19,22,25-33H2,1-3H3,(H,70,71)(H,58,61,68)(H,60,67,69). The van der Waals surface area contributed by atoms with E-state index in [1.165, 1.54) is 70.9 Å². The maximum Gasteiger partial charge on any atom is 0.358 e. The number of carbonyl (C=O) groups is 8. The molecule has 6 fully saturated rings. The molecule has 5 N–H and O–H groups in total. The Bertz CT molecular complexity index is 7490. The smallest absolute Gasteiger partial charge is 0.358 e. The summed E-state index contributed by atoms with van der Waals surface area (Å²) >= 11 is 2.89. The summed E-state index contributed by atoms with van der Waals surface area (Å²) in [4.78, 5) is 137. The van der Waals surface area contributed by atoms with E-state index in [1.807, 2.05) is 196 Å². The number of hydrogen-bond donors (Lipinski definition) is 5. The number of aromatic carboxylic acids is 1. The zero-order valence-electron chi connectivity index (χ0n) is 86.8. The number of ether oxygens (including phenoxy) is 3. The number of aromatic nitrogens is 8. The lowest BCUT2D eigenvalue weighted by Gasteiger charge is -2.37. The van der Waals surface area contributed by atoms with Crippen LogP contribution in [0.5, 0.6) is 11.5 Å². The summed E-state index contributed by atoms with van der Waals surface area (Å²) in [6.07, 6.45) is 16.6. The van der Waals surface area contributed by atoms with Crippen molar-refractivity contribution in [3.8, 4) is 33.8 Å². The number of pyridine rings is 2. The number of amides is 6. The zero-order chi connectivity index (χ0) is 104. The Labute approximate surface area is 881 Å². The van der Waals surface area contributed by atoms with Gasteiger partial charge in [0.15, 0.2) is 21.7 Å². The summed E-state index contributed by atoms with van der Waals surface area (Å²) in [6, 6.07) is 55.5. The van der Waals surface area contributed by atoms with Crippen LogP contribution in [0.1, 0.15) is 233 Å². The second-order valence-electron chi connectivity index (χ2n) is 42.6. The normalized spacial score (nSPS) is 19.4. The van der Waals surface area contributed by atoms with Crippen molar-refractivity contribution >= 4 is 146 Å². The number of para-hydroxylation sites is 2. The number of imide groups is 2. The number of aryl methyl sites for hydroxylation is 4. The molecule has 6 aliphatic heterocycles. The third-order valence-electron chi connectivity index (χ3n) is 31.8. The van der Waals surface area contributed by atoms with Crippen LogP contribution in [0.15, 0.2) is 170 Å². The van der Waals surface area contributed by atoms with Crippen molar-refractivity contribution in [1.82, 2.24) is 59.9 Å². The zero-order valence-corrected chi connectivity index (χ0v) is 88.4. The number of piperazine rings is 2. The molecule has 30 nitrogen and oxygen atoms in total. The highest BCUT2D eigenvalue weighted by Crippen LogP contribution is 2.45. The Morgan fingerprint density at radius 2 is 0.853 bits per heavy atom. The molecule has 0 bridgehead atoms. The van der Waals surface area contributed by atoms with E-state index in [0.29, 0.717) is 121 Å². The Morgan fingerprint density at radius 3 is 1.27 bits per heavy atom. The van der Waals surface area contributed by atoms with Gasteiger partial charge in [0.25, 0.3) is 11.8 Å². The molecular formula is C118H130N18O12S2. The van der Waals surface area contributed by atoms with Crippen LogP contribution in [0, 0.1) is 39.5 Å². The van der Waals surface area contributed by atoms with Crippen LogP contribution in [-0.4, -0.2) is 198 Å². The molecule has 2 saturated carbocycles. The van der Waals surface area contributed by atoms with Crippen LogP contribution in [0.4, 0.5) is 33.3 Å². The maximum absolute atomic E-state index is 14.1. The molecule has 8 aromatic carbocycles. The number of nitrogens with zero attached hydrogens (tertiary/aromatic N) is 14. The molecular weight excluding hydrogens is 1930 g/mol. The molecule has 4 saturated heterocycles. The van der Waals surface area contributed by atoms with Gasteiger partial charge in [0, 0.05) is 150 Å². The number of thiazole rings is 2. The van der Waals surface area contributed by atoms with E-state index in [9.17, 15) is 43.5 Å². The molecule has 150 heavy (non-hydrogen) atoms. The first-order valence-corrected chi connectivity index (χ1v) is 54.8. The van der Waals surface area contributed by atoms with Gasteiger partial charge in [-0.15, -0.1) is 0 Å². The number of carbonyl (C=O) groups excluding carboxylic acids is 7. The van der Waals surface area contributed by atoms with Gasteiger partial charge >= 0.3 is 11.9 Å². The monoisotopic (exact) mass is 2050 g/mol. The first-order chi connectivity index (χ1) is 72.6. The molecule has 6 aromatic heterocycles. The first kappa shape index (κ1) is 102. The number of carboxylic acid groups (broad SMARTS) is 1. The molecule has 2 unspecified atom stereocenters. The Balaban J connectivity index is 0.000000175. The van der Waals surface area contributed by atoms with Gasteiger partial charge in [0.1, 0.15) is 28.7 Å². The molecule has 32 heteroatoms. The van der Waals surface area contributed by atoms with Gasteiger partial charge in [0.05, 0.1) is 66.9 Å². The molecule has 8 aliphatic rings. The molecule has 0 radical (unpaired) electrons. The van der Waals surface area contributed by atoms with Crippen molar-refractivity contribution in [3.05, 3.63) is 248 Å². The number of fused-ring (bicyclic) bond motifs is 6. The number of esters is 1. The third kappa shape index (κ3) is 21.8. The lowest BCUT2D eigenvalue weighted by molar-refractivity contribution is -0.135. The van der Waals surface area contributed by atoms with E-state index in [4.69, 9.17) is 34.4 Å². The predicted molar refractivity (Wildman–Crippen MR) is 588 cm³/mol. The van der Waals surface area contributed by atoms with Crippen molar-refractivity contribution in [1.29, 1.82) is 0 Å². The number of anilines is 6. The molecule has 2 atom stereocenters. The van der Waals surface area contributed by atoms with E-state index in [0.717, 1.165) is 226 Å². The van der Waals surface area contributed by atoms with Gasteiger partial charge in [-0.3, -0.25) is 69.2 Å². The van der Waals surface area contributed by atoms with Gasteiger partial charge in [-0.1, -0.05) is 95.5 Å². The number of hydrogen-bond acceptors (Lipinski definition) is 25. The van der Waals surface area contributed by atoms with E-state index >= 15 is 0 Å². The van der Waals surface area contributed by atoms with Gasteiger partial charge < -0.3 is 38.9 Å². The Morgan fingerprint density at radius 1 is 0.433 bits per heavy atom. The molecule has 2 aliphatic carbocycles. The van der Waals surface area contributed by atoms with Crippen molar-refractivity contribution < 1.29 is 57.7 Å². The first-order valence-electron chi connectivity index (χ1n) is 53.2. The number of benzene rings is 8. The Kier molecular flexibility index (Phi) is 29.6. The summed E-state index contributed by atoms with van der Waals surface area (Å²) in [6.45, 7) is 26.2. The SMILES string of the molecule is Cc1c(OC2CCC(CCCN3CCN(c4ccc5c(C6CCC(=O)NC6=O)nn(C)c5c4C)CC3)CC2)cccc1-c1ccc(N2CCc3cccc(C(=O)Nc4nc5ccccc5s4)c3C2)nc1C(=O)O.Cc1c(OC2CCC(CCCN3CCN(c4ccc5c(C6CCC(=O)NC6=O)nn(C)c5c4C)CC3)CC2)cccc1-c1ccc(N2CCc3cccc(C(=O)Nc4nc5ccccc5s4)c3C2)nc1C(=O)OC(C)(C)C. The van der Waals surface area contributed by atoms with Gasteiger partial charge in [-0.05, 0) is 329 Å². The fourth-order valence-electron chi connectivity index (χ4n) is 23.9. The minimum Gasteiger partial charge on any atom is -0.490 e. The number of carboxylic acids is 1. The van der Waals surface area contributed by atoms with E-state index < -0.39 is 29.4 Å². The average molecular weight is 2060 g/mol. The number of piperidine rings is 2. The highest BCUT2D eigenvalue weighted by atomic mass is 32.1. The minimum absolute atomic E-state index is 0.0194. The third-order valence-corrected chi connectivity index (χ3v) is 33.8. The fraction of sp³-hybridized carbons (Fsp3) is 0.407. The van der Waals surface area contributed by atoms with Crippen molar-refractivity contribution in [2.24, 2.45) is 25.9 Å². The molecule has 12 heterocycles. The van der Waals surface area contributed by atoms with Gasteiger partial charge in [-0.25, -0.2) is 29.5 Å². The van der Waals surface area contributed by atoms with Crippen LogP contribution >= 0.6 is 22.7 Å². The molecule has 6 amide bonds. The maximum atomic E-state index is 14.1. The molecule has 14 aromatic rings. The van der Waals surface area contributed by atoms with E-state index in [1.54, 1.807) is 0 Å². The summed E-state index contributed by atoms with van der Waals surface area (Å²) in [5.41, 5.74) is 19.5. The van der Waals surface area contributed by atoms with Crippen LogP contribution in [0.25, 0.3) is 64.5 Å². The number of rotatable bonds is 26. The largest absolute Gasteiger partial charge is 0.490 e. The highest BCUT2D eigenvalue weighted by Gasteiger charge is 2.39. The van der Waals surface area contributed by atoms with Crippen LogP contribution < -0.4 is 50.3 Å². The minimum atomic E-state index is -1.10. The average Bonchev–Trinajstić information content (AvgIpc) is 1.59. The Hall–Kier alpha value is -14.3. The predicted octanol–water partition coefficient (Wildman–Crippen LogP) is 20.1. The second kappa shape index (κ2) is 43.7. The van der Waals surface area contributed by atoms with Crippen molar-refractivity contribution in [2.75, 3.05) is 109 Å². The lowest BCUT2D eigenvalue weighted by atomic mass is 9.84. The van der Waals surface area contributed by atoms with Crippen molar-refractivity contribution in [2.45, 2.75) is 207 Å². The summed E-state index contributed by atoms with van der Waals surface area (Å²) < 4.78 is 25.3. The lowest BCUT2D eigenvalue weighted by Crippen LogP contribution is -2.46. The summed E-state index contributed by atoms with van der Waals surface area (Å²) in [5, 5.41) is 34.2. The highest BCUT2D eigenvalue weighted by molar-refractivity contribution is 7.22. The molecule has 776 valence electrons. The molecule has 22 rings (SSSR count). The van der Waals surface area contributed by atoms with E-state index in [2.05, 4.69) is 107 Å². The van der Waals surface area contributed by atoms with Crippen LogP contribution in [-0.2, 0) is 63.9 Å². The fourth-order valence-corrected chi connectivity index (χ4v) is 25.6. The van der Waals surface area contributed by atoms with Crippen molar-refractivity contribution in [3.63, 3.8) is 0 Å².